The van der Waals surface area contributed by atoms with E-state index in [4.69, 9.17) is 0 Å². The van der Waals surface area contributed by atoms with Crippen LogP contribution in [-0.4, -0.2) is 22.1 Å². The Morgan fingerprint density at radius 2 is 2.00 bits per heavy atom. The third kappa shape index (κ3) is 2.95. The van der Waals surface area contributed by atoms with Crippen molar-refractivity contribution in [1.82, 2.24) is 5.32 Å². The first-order valence-corrected chi connectivity index (χ1v) is 8.57. The van der Waals surface area contributed by atoms with Gasteiger partial charge >= 0.3 is 0 Å². The van der Waals surface area contributed by atoms with Gasteiger partial charge in [0.15, 0.2) is 0 Å². The molecule has 0 radical (unpaired) electrons. The second-order valence-corrected chi connectivity index (χ2v) is 6.64. The summed E-state index contributed by atoms with van der Waals surface area (Å²) in [5.74, 6) is -0.0161. The summed E-state index contributed by atoms with van der Waals surface area (Å²) in [6.07, 6.45) is 0. The van der Waals surface area contributed by atoms with Crippen molar-refractivity contribution in [1.29, 1.82) is 0 Å². The molecule has 0 bridgehead atoms. The summed E-state index contributed by atoms with van der Waals surface area (Å²) < 4.78 is 1.14. The van der Waals surface area contributed by atoms with Crippen LogP contribution < -0.4 is 5.32 Å². The SMILES string of the molecule is CC(CBr)(CBr)NC(=O)c1cc2ccccc2s1. The van der Waals surface area contributed by atoms with Crippen molar-refractivity contribution >= 4 is 59.2 Å². The highest BCUT2D eigenvalue weighted by atomic mass is 79.9. The van der Waals surface area contributed by atoms with Crippen LogP contribution in [0.2, 0.25) is 0 Å². The van der Waals surface area contributed by atoms with Gasteiger partial charge < -0.3 is 5.32 Å². The van der Waals surface area contributed by atoms with Crippen molar-refractivity contribution in [3.05, 3.63) is 35.2 Å². The van der Waals surface area contributed by atoms with Gasteiger partial charge in [0, 0.05) is 15.4 Å². The van der Waals surface area contributed by atoms with Crippen molar-refractivity contribution in [3.8, 4) is 0 Å². The largest absolute Gasteiger partial charge is 0.344 e. The van der Waals surface area contributed by atoms with Gasteiger partial charge in [-0.3, -0.25) is 4.79 Å². The van der Waals surface area contributed by atoms with E-state index in [0.29, 0.717) is 10.7 Å². The van der Waals surface area contributed by atoms with E-state index < -0.39 is 0 Å². The molecule has 0 aliphatic carbocycles. The monoisotopic (exact) mass is 389 g/mol. The molecular formula is C13H13Br2NOS. The van der Waals surface area contributed by atoms with Crippen molar-refractivity contribution < 1.29 is 4.79 Å². The minimum atomic E-state index is -0.271. The molecule has 5 heteroatoms. The second-order valence-electron chi connectivity index (χ2n) is 4.43. The fraction of sp³-hybridized carbons (Fsp3) is 0.308. The number of alkyl halides is 2. The molecule has 1 heterocycles. The molecule has 0 unspecified atom stereocenters. The minimum Gasteiger partial charge on any atom is -0.344 e. The van der Waals surface area contributed by atoms with Gasteiger partial charge in [-0.25, -0.2) is 0 Å². The Labute approximate surface area is 127 Å². The van der Waals surface area contributed by atoms with E-state index in [1.165, 1.54) is 11.3 Å². The molecular weight excluding hydrogens is 378 g/mol. The van der Waals surface area contributed by atoms with Gasteiger partial charge in [0.1, 0.15) is 0 Å². The second kappa shape index (κ2) is 5.72. The van der Waals surface area contributed by atoms with E-state index in [-0.39, 0.29) is 11.4 Å². The quantitative estimate of drug-likeness (QED) is 0.779. The highest BCUT2D eigenvalue weighted by Gasteiger charge is 2.25. The average molecular weight is 391 g/mol. The maximum absolute atomic E-state index is 12.2. The van der Waals surface area contributed by atoms with E-state index in [2.05, 4.69) is 37.2 Å². The Kier molecular flexibility index (Phi) is 4.45. The molecule has 2 nitrogen and oxygen atoms in total. The van der Waals surface area contributed by atoms with Gasteiger partial charge in [0.25, 0.3) is 5.91 Å². The smallest absolute Gasteiger partial charge is 0.261 e. The minimum absolute atomic E-state index is 0.0161. The molecule has 0 aliphatic rings. The van der Waals surface area contributed by atoms with Crippen LogP contribution in [0.15, 0.2) is 30.3 Å². The first kappa shape index (κ1) is 14.0. The summed E-state index contributed by atoms with van der Waals surface area (Å²) in [6.45, 7) is 2.00. The van der Waals surface area contributed by atoms with E-state index in [1.54, 1.807) is 0 Å². The molecule has 0 spiro atoms. The number of halogens is 2. The summed E-state index contributed by atoms with van der Waals surface area (Å²) in [4.78, 5) is 13.0. The van der Waals surface area contributed by atoms with Crippen LogP contribution in [0.1, 0.15) is 16.6 Å². The summed E-state index contributed by atoms with van der Waals surface area (Å²) in [6, 6.07) is 9.97. The molecule has 2 aromatic rings. The van der Waals surface area contributed by atoms with Crippen LogP contribution >= 0.6 is 43.2 Å². The molecule has 1 aromatic carbocycles. The zero-order chi connectivity index (χ0) is 13.2. The molecule has 1 aromatic heterocycles. The van der Waals surface area contributed by atoms with Gasteiger partial charge in [0.2, 0.25) is 0 Å². The van der Waals surface area contributed by atoms with Crippen LogP contribution in [0.3, 0.4) is 0 Å². The van der Waals surface area contributed by atoms with Crippen LogP contribution in [0, 0.1) is 0 Å². The maximum Gasteiger partial charge on any atom is 0.261 e. The maximum atomic E-state index is 12.2. The number of carbonyl (C=O) groups is 1. The van der Waals surface area contributed by atoms with E-state index >= 15 is 0 Å². The van der Waals surface area contributed by atoms with Gasteiger partial charge in [-0.2, -0.15) is 0 Å². The summed E-state index contributed by atoms with van der Waals surface area (Å²) in [5, 5.41) is 5.59. The lowest BCUT2D eigenvalue weighted by atomic mass is 10.1. The zero-order valence-electron chi connectivity index (χ0n) is 9.87. The number of nitrogens with one attached hydrogen (secondary N) is 1. The molecule has 1 N–H and O–H groups in total. The molecule has 18 heavy (non-hydrogen) atoms. The third-order valence-electron chi connectivity index (χ3n) is 2.65. The zero-order valence-corrected chi connectivity index (χ0v) is 13.9. The molecule has 96 valence electrons. The van der Waals surface area contributed by atoms with Crippen molar-refractivity contribution in [2.75, 3.05) is 10.7 Å². The Morgan fingerprint density at radius 3 is 2.61 bits per heavy atom. The Hall–Kier alpha value is -0.390. The van der Waals surface area contributed by atoms with Crippen molar-refractivity contribution in [3.63, 3.8) is 0 Å². The molecule has 2 rings (SSSR count). The Balaban J connectivity index is 2.23. The summed E-state index contributed by atoms with van der Waals surface area (Å²) >= 11 is 8.38. The number of thiophene rings is 1. The molecule has 0 atom stereocenters. The fourth-order valence-electron chi connectivity index (χ4n) is 1.53. The van der Waals surface area contributed by atoms with Gasteiger partial charge in [-0.05, 0) is 24.4 Å². The number of benzene rings is 1. The van der Waals surface area contributed by atoms with E-state index in [9.17, 15) is 4.79 Å². The molecule has 0 fully saturated rings. The van der Waals surface area contributed by atoms with Gasteiger partial charge in [0.05, 0.1) is 10.4 Å². The lowest BCUT2D eigenvalue weighted by Gasteiger charge is -2.25. The highest BCUT2D eigenvalue weighted by molar-refractivity contribution is 9.09. The first-order chi connectivity index (χ1) is 8.58. The molecule has 1 amide bonds. The predicted octanol–water partition coefficient (Wildman–Crippen LogP) is 4.18. The van der Waals surface area contributed by atoms with Crippen LogP contribution in [0.4, 0.5) is 0 Å². The van der Waals surface area contributed by atoms with Crippen molar-refractivity contribution in [2.45, 2.75) is 12.5 Å². The Bertz CT molecular complexity index is 530. The molecule has 0 aliphatic heterocycles. The van der Waals surface area contributed by atoms with Crippen LogP contribution in [-0.2, 0) is 0 Å². The van der Waals surface area contributed by atoms with Gasteiger partial charge in [-0.1, -0.05) is 50.1 Å². The molecule has 0 saturated carbocycles. The number of hydrogen-bond acceptors (Lipinski definition) is 2. The Morgan fingerprint density at radius 1 is 1.33 bits per heavy atom. The fourth-order valence-corrected chi connectivity index (χ4v) is 3.70. The highest BCUT2D eigenvalue weighted by Crippen LogP contribution is 2.25. The lowest BCUT2D eigenvalue weighted by molar-refractivity contribution is 0.0927. The van der Waals surface area contributed by atoms with Crippen LogP contribution in [0.5, 0.6) is 0 Å². The number of fused-ring (bicyclic) bond motifs is 1. The topological polar surface area (TPSA) is 29.1 Å². The number of hydrogen-bond donors (Lipinski definition) is 1. The number of carbonyl (C=O) groups excluding carboxylic acids is 1. The average Bonchev–Trinajstić information content (AvgIpc) is 2.82. The molecule has 0 saturated heterocycles. The summed E-state index contributed by atoms with van der Waals surface area (Å²) in [7, 11) is 0. The van der Waals surface area contributed by atoms with Crippen LogP contribution in [0.25, 0.3) is 10.1 Å². The van der Waals surface area contributed by atoms with E-state index in [0.717, 1.165) is 15.0 Å². The van der Waals surface area contributed by atoms with Crippen molar-refractivity contribution in [2.24, 2.45) is 0 Å². The summed E-state index contributed by atoms with van der Waals surface area (Å²) in [5.41, 5.74) is -0.271. The third-order valence-corrected chi connectivity index (χ3v) is 6.24. The number of amides is 1. The normalized spacial score (nSPS) is 11.7. The standard InChI is InChI=1S/C13H13Br2NOS/c1-13(7-14,8-15)16-12(17)11-6-9-4-2-3-5-10(9)18-11/h2-6H,7-8H2,1H3,(H,16,17). The van der Waals surface area contributed by atoms with E-state index in [1.807, 2.05) is 37.3 Å². The first-order valence-electron chi connectivity index (χ1n) is 5.51. The number of rotatable bonds is 4. The predicted molar refractivity (Wildman–Crippen MR) is 85.3 cm³/mol. The van der Waals surface area contributed by atoms with Gasteiger partial charge in [-0.15, -0.1) is 11.3 Å². The lowest BCUT2D eigenvalue weighted by Crippen LogP contribution is -2.48.